The zero-order chi connectivity index (χ0) is 21.4. The maximum atomic E-state index is 13.0. The molecule has 0 aliphatic heterocycles. The van der Waals surface area contributed by atoms with Crippen LogP contribution >= 0.6 is 0 Å². The van der Waals surface area contributed by atoms with Crippen molar-refractivity contribution >= 4 is 20.3 Å². The smallest absolute Gasteiger partial charge is 0.465 e. The van der Waals surface area contributed by atoms with Gasteiger partial charge in [-0.2, -0.15) is 22.0 Å². The van der Waals surface area contributed by atoms with Crippen LogP contribution in [0.1, 0.15) is 36.7 Å². The summed E-state index contributed by atoms with van der Waals surface area (Å²) in [5.41, 5.74) is 0.103. The molecule has 152 valence electrons. The fourth-order valence-electron chi connectivity index (χ4n) is 1.61. The first-order valence-electron chi connectivity index (χ1n) is 7.91. The number of rotatable bonds is 4. The molecule has 0 bridgehead atoms. The molecule has 0 saturated carbocycles. The number of halogens is 5. The Hall–Kier alpha value is -1.97. The van der Waals surface area contributed by atoms with Crippen molar-refractivity contribution in [2.75, 3.05) is 0 Å². The van der Waals surface area contributed by atoms with Crippen LogP contribution in [0.5, 0.6) is 5.75 Å². The van der Waals surface area contributed by atoms with Crippen LogP contribution in [0.4, 0.5) is 22.0 Å². The highest BCUT2D eigenvalue weighted by atomic mass is 28.4. The predicted octanol–water partition coefficient (Wildman–Crippen LogP) is 5.26. The van der Waals surface area contributed by atoms with Crippen LogP contribution in [0, 0.1) is 6.92 Å². The SMILES string of the molecule is Cc1cc(C(=O)O[Si](C)(C)C(C)(C)C)ccc1OC(=O)C(F)(F)C(F)(F)F. The number of carbonyl (C=O) groups excluding carboxylic acids is 2. The van der Waals surface area contributed by atoms with E-state index in [2.05, 4.69) is 4.74 Å². The Labute approximate surface area is 154 Å². The molecule has 0 aliphatic carbocycles. The van der Waals surface area contributed by atoms with Gasteiger partial charge in [0, 0.05) is 0 Å². The van der Waals surface area contributed by atoms with Crippen molar-refractivity contribution in [2.24, 2.45) is 0 Å². The highest BCUT2D eigenvalue weighted by molar-refractivity contribution is 6.75. The van der Waals surface area contributed by atoms with Gasteiger partial charge in [0.25, 0.3) is 8.32 Å². The number of hydrogen-bond donors (Lipinski definition) is 0. The lowest BCUT2D eigenvalue weighted by molar-refractivity contribution is -0.276. The van der Waals surface area contributed by atoms with Crippen molar-refractivity contribution in [1.29, 1.82) is 0 Å². The van der Waals surface area contributed by atoms with E-state index in [1.807, 2.05) is 33.9 Å². The van der Waals surface area contributed by atoms with E-state index < -0.39 is 38.1 Å². The predicted molar refractivity (Wildman–Crippen MR) is 90.4 cm³/mol. The molecular weight excluding hydrogens is 391 g/mol. The summed E-state index contributed by atoms with van der Waals surface area (Å²) in [5, 5.41) is -0.240. The maximum absolute atomic E-state index is 13.0. The van der Waals surface area contributed by atoms with Crippen LogP contribution in [0.2, 0.25) is 18.1 Å². The zero-order valence-corrected chi connectivity index (χ0v) is 16.8. The van der Waals surface area contributed by atoms with Gasteiger partial charge in [0.1, 0.15) is 5.75 Å². The molecule has 0 heterocycles. The second-order valence-corrected chi connectivity index (χ2v) is 12.3. The molecule has 0 N–H and O–H groups in total. The van der Waals surface area contributed by atoms with Gasteiger partial charge in [-0.1, -0.05) is 20.8 Å². The van der Waals surface area contributed by atoms with Crippen molar-refractivity contribution < 1.29 is 40.7 Å². The fourth-order valence-corrected chi connectivity index (χ4v) is 2.50. The van der Waals surface area contributed by atoms with Crippen LogP contribution in [-0.2, 0) is 9.22 Å². The Kier molecular flexibility index (Phi) is 6.16. The average Bonchev–Trinajstić information content (AvgIpc) is 2.46. The Morgan fingerprint density at radius 1 is 1.00 bits per heavy atom. The van der Waals surface area contributed by atoms with Crippen LogP contribution < -0.4 is 4.74 Å². The summed E-state index contributed by atoms with van der Waals surface area (Å²) < 4.78 is 72.3. The number of benzene rings is 1. The van der Waals surface area contributed by atoms with Gasteiger partial charge in [0.15, 0.2) is 0 Å². The Bertz CT molecular complexity index is 736. The third kappa shape index (κ3) is 5.05. The van der Waals surface area contributed by atoms with Gasteiger partial charge in [-0.15, -0.1) is 0 Å². The van der Waals surface area contributed by atoms with Crippen LogP contribution in [0.3, 0.4) is 0 Å². The minimum atomic E-state index is -6.06. The van der Waals surface area contributed by atoms with E-state index in [0.29, 0.717) is 0 Å². The van der Waals surface area contributed by atoms with Crippen LogP contribution in [0.15, 0.2) is 18.2 Å². The first kappa shape index (κ1) is 23.1. The fraction of sp³-hybridized carbons (Fsp3) is 0.529. The van der Waals surface area contributed by atoms with Crippen molar-refractivity contribution in [2.45, 2.75) is 57.9 Å². The largest absolute Gasteiger partial charge is 0.516 e. The molecular formula is C17H21F5O4Si. The minimum Gasteiger partial charge on any atom is -0.516 e. The molecule has 0 aliphatic rings. The van der Waals surface area contributed by atoms with E-state index in [-0.39, 0.29) is 16.2 Å². The first-order valence-corrected chi connectivity index (χ1v) is 10.8. The lowest BCUT2D eigenvalue weighted by Crippen LogP contribution is -2.46. The van der Waals surface area contributed by atoms with E-state index >= 15 is 0 Å². The maximum Gasteiger partial charge on any atom is 0.465 e. The lowest BCUT2D eigenvalue weighted by Gasteiger charge is -2.35. The van der Waals surface area contributed by atoms with E-state index in [4.69, 9.17) is 4.43 Å². The second kappa shape index (κ2) is 7.21. The molecule has 0 amide bonds. The Balaban J connectivity index is 3.01. The van der Waals surface area contributed by atoms with Gasteiger partial charge < -0.3 is 9.16 Å². The monoisotopic (exact) mass is 412 g/mol. The summed E-state index contributed by atoms with van der Waals surface area (Å²) in [4.78, 5) is 23.5. The summed E-state index contributed by atoms with van der Waals surface area (Å²) >= 11 is 0. The topological polar surface area (TPSA) is 52.6 Å². The highest BCUT2D eigenvalue weighted by Crippen LogP contribution is 2.38. The van der Waals surface area contributed by atoms with Gasteiger partial charge in [-0.25, -0.2) is 9.59 Å². The van der Waals surface area contributed by atoms with Gasteiger partial charge in [0.05, 0.1) is 5.56 Å². The molecule has 10 heteroatoms. The third-order valence-electron chi connectivity index (χ3n) is 4.38. The summed E-state index contributed by atoms with van der Waals surface area (Å²) in [5.74, 6) is -9.54. The van der Waals surface area contributed by atoms with E-state index in [1.165, 1.54) is 13.0 Å². The molecule has 0 atom stereocenters. The van der Waals surface area contributed by atoms with E-state index in [0.717, 1.165) is 12.1 Å². The van der Waals surface area contributed by atoms with Gasteiger partial charge >= 0.3 is 24.0 Å². The first-order chi connectivity index (χ1) is 11.9. The summed E-state index contributed by atoms with van der Waals surface area (Å²) in [7, 11) is -2.41. The van der Waals surface area contributed by atoms with Crippen molar-refractivity contribution in [3.05, 3.63) is 29.3 Å². The molecule has 27 heavy (non-hydrogen) atoms. The molecule has 0 spiro atoms. The van der Waals surface area contributed by atoms with E-state index in [1.54, 1.807) is 0 Å². The van der Waals surface area contributed by atoms with Gasteiger partial charge in [-0.3, -0.25) is 0 Å². The average molecular weight is 412 g/mol. The molecule has 1 aromatic rings. The number of hydrogen-bond acceptors (Lipinski definition) is 4. The molecule has 0 fully saturated rings. The van der Waals surface area contributed by atoms with Gasteiger partial charge in [0.2, 0.25) is 0 Å². The minimum absolute atomic E-state index is 0.0333. The normalized spacial score (nSPS) is 13.3. The molecule has 0 unspecified atom stereocenters. The standard InChI is InChI=1S/C17H21F5O4Si/c1-10-9-11(13(23)26-27(5,6)15(2,3)4)7-8-12(10)25-14(24)16(18,19)17(20,21)22/h7-9H,1-6H3. The van der Waals surface area contributed by atoms with Crippen molar-refractivity contribution in [1.82, 2.24) is 0 Å². The van der Waals surface area contributed by atoms with Gasteiger partial charge in [-0.05, 0) is 48.8 Å². The molecule has 0 radical (unpaired) electrons. The number of aryl methyl sites for hydroxylation is 1. The number of esters is 1. The van der Waals surface area contributed by atoms with Crippen molar-refractivity contribution in [3.63, 3.8) is 0 Å². The summed E-state index contributed by atoms with van der Waals surface area (Å²) in [6.45, 7) is 10.8. The van der Waals surface area contributed by atoms with E-state index in [9.17, 15) is 31.5 Å². The van der Waals surface area contributed by atoms with Crippen LogP contribution in [-0.4, -0.2) is 32.4 Å². The quantitative estimate of drug-likeness (QED) is 0.293. The number of alkyl halides is 5. The van der Waals surface area contributed by atoms with Crippen LogP contribution in [0.25, 0.3) is 0 Å². The second-order valence-electron chi connectivity index (χ2n) is 7.59. The Morgan fingerprint density at radius 3 is 1.93 bits per heavy atom. The zero-order valence-electron chi connectivity index (χ0n) is 15.8. The number of carbonyl (C=O) groups is 2. The molecule has 1 aromatic carbocycles. The lowest BCUT2D eigenvalue weighted by atomic mass is 10.1. The molecule has 1 rings (SSSR count). The van der Waals surface area contributed by atoms with Crippen molar-refractivity contribution in [3.8, 4) is 5.75 Å². The highest BCUT2D eigenvalue weighted by Gasteiger charge is 2.65. The Morgan fingerprint density at radius 2 is 1.52 bits per heavy atom. The molecule has 4 nitrogen and oxygen atoms in total. The third-order valence-corrected chi connectivity index (χ3v) is 8.69. The molecule has 0 saturated heterocycles. The summed E-state index contributed by atoms with van der Waals surface area (Å²) in [6, 6.07) is 3.31. The number of ether oxygens (including phenoxy) is 1. The summed E-state index contributed by atoms with van der Waals surface area (Å²) in [6.07, 6.45) is -6.06. The molecule has 0 aromatic heterocycles.